The lowest BCUT2D eigenvalue weighted by Crippen LogP contribution is -2.56. The van der Waals surface area contributed by atoms with E-state index in [1.165, 1.54) is 25.7 Å². The Hall–Kier alpha value is -1.26. The largest absolute Gasteiger partial charge is 0.409 e. The third-order valence-electron chi connectivity index (χ3n) is 4.24. The number of hydrogen-bond donors (Lipinski definition) is 3. The van der Waals surface area contributed by atoms with E-state index in [9.17, 15) is 4.79 Å². The molecule has 4 N–H and O–H groups in total. The minimum atomic E-state index is -0.767. The van der Waals surface area contributed by atoms with Gasteiger partial charge >= 0.3 is 0 Å². The van der Waals surface area contributed by atoms with Gasteiger partial charge in [0.2, 0.25) is 5.91 Å². The number of nitrogens with two attached hydrogens (primary N) is 1. The molecule has 0 bridgehead atoms. The Balaban J connectivity index is 2.27. The highest BCUT2D eigenvalue weighted by molar-refractivity contribution is 6.07. The fourth-order valence-corrected chi connectivity index (χ4v) is 3.01. The van der Waals surface area contributed by atoms with Crippen LogP contribution in [0.25, 0.3) is 0 Å². The number of nitrogens with one attached hydrogen (secondary N) is 1. The number of oxime groups is 1. The van der Waals surface area contributed by atoms with Gasteiger partial charge in [-0.25, -0.2) is 0 Å². The van der Waals surface area contributed by atoms with E-state index in [4.69, 9.17) is 10.9 Å². The summed E-state index contributed by atoms with van der Waals surface area (Å²) in [6, 6.07) is 0. The van der Waals surface area contributed by atoms with Crippen molar-refractivity contribution < 1.29 is 10.0 Å². The van der Waals surface area contributed by atoms with Crippen molar-refractivity contribution in [2.24, 2.45) is 22.2 Å². The van der Waals surface area contributed by atoms with Crippen LogP contribution < -0.4 is 11.1 Å². The maximum absolute atomic E-state index is 12.2. The molecule has 1 saturated carbocycles. The van der Waals surface area contributed by atoms with Gasteiger partial charge in [-0.2, -0.15) is 0 Å². The van der Waals surface area contributed by atoms with Crippen molar-refractivity contribution in [2.75, 3.05) is 6.54 Å². The first-order valence-electron chi connectivity index (χ1n) is 7.83. The molecule has 116 valence electrons. The lowest BCUT2D eigenvalue weighted by molar-refractivity contribution is -0.133. The van der Waals surface area contributed by atoms with Gasteiger partial charge in [0, 0.05) is 6.54 Å². The molecule has 0 aromatic carbocycles. The van der Waals surface area contributed by atoms with Gasteiger partial charge in [-0.3, -0.25) is 4.79 Å². The molecule has 1 fully saturated rings. The number of amides is 1. The minimum Gasteiger partial charge on any atom is -0.409 e. The summed E-state index contributed by atoms with van der Waals surface area (Å²) < 4.78 is 0. The van der Waals surface area contributed by atoms with Crippen molar-refractivity contribution in [1.82, 2.24) is 5.32 Å². The van der Waals surface area contributed by atoms with E-state index in [0.717, 1.165) is 12.8 Å². The fourth-order valence-electron chi connectivity index (χ4n) is 3.01. The Bertz CT molecular complexity index is 336. The number of carbonyl (C=O) groups is 1. The van der Waals surface area contributed by atoms with Crippen LogP contribution in [-0.4, -0.2) is 23.5 Å². The zero-order valence-electron chi connectivity index (χ0n) is 12.8. The van der Waals surface area contributed by atoms with Crippen molar-refractivity contribution in [1.29, 1.82) is 0 Å². The highest BCUT2D eigenvalue weighted by atomic mass is 16.4. The molecule has 5 nitrogen and oxygen atoms in total. The van der Waals surface area contributed by atoms with Crippen molar-refractivity contribution >= 4 is 11.7 Å². The van der Waals surface area contributed by atoms with Gasteiger partial charge in [0.05, 0.1) is 0 Å². The van der Waals surface area contributed by atoms with Gasteiger partial charge in [-0.05, 0) is 25.2 Å². The average molecular weight is 283 g/mol. The second-order valence-electron chi connectivity index (χ2n) is 6.10. The number of rotatable bonds is 9. The van der Waals surface area contributed by atoms with Crippen LogP contribution in [0.5, 0.6) is 0 Å². The molecule has 0 atom stereocenters. The molecule has 0 aromatic heterocycles. The Morgan fingerprint density at radius 1 is 1.30 bits per heavy atom. The highest BCUT2D eigenvalue weighted by Crippen LogP contribution is 2.45. The molecule has 1 rings (SSSR count). The van der Waals surface area contributed by atoms with Gasteiger partial charge in [-0.1, -0.05) is 51.1 Å². The molecule has 0 spiro atoms. The summed E-state index contributed by atoms with van der Waals surface area (Å²) in [7, 11) is 0. The smallest absolute Gasteiger partial charge is 0.233 e. The van der Waals surface area contributed by atoms with Crippen molar-refractivity contribution in [3.8, 4) is 0 Å². The van der Waals surface area contributed by atoms with Crippen LogP contribution in [-0.2, 0) is 4.79 Å². The lowest BCUT2D eigenvalue weighted by atomic mass is 9.61. The zero-order valence-corrected chi connectivity index (χ0v) is 12.8. The molecule has 0 heterocycles. The predicted molar refractivity (Wildman–Crippen MR) is 80.6 cm³/mol. The lowest BCUT2D eigenvalue weighted by Gasteiger charge is -2.43. The third-order valence-corrected chi connectivity index (χ3v) is 4.24. The Labute approximate surface area is 122 Å². The van der Waals surface area contributed by atoms with Crippen LogP contribution in [0.15, 0.2) is 5.16 Å². The fraction of sp³-hybridized carbons (Fsp3) is 0.867. The predicted octanol–water partition coefficient (Wildman–Crippen LogP) is 2.63. The molecule has 0 aliphatic heterocycles. The second kappa shape index (κ2) is 8.12. The van der Waals surface area contributed by atoms with Gasteiger partial charge in [0.25, 0.3) is 0 Å². The Morgan fingerprint density at radius 3 is 2.45 bits per heavy atom. The van der Waals surface area contributed by atoms with Gasteiger partial charge in [-0.15, -0.1) is 0 Å². The van der Waals surface area contributed by atoms with Crippen LogP contribution in [0.4, 0.5) is 0 Å². The number of hydrogen-bond acceptors (Lipinski definition) is 3. The monoisotopic (exact) mass is 283 g/mol. The first kappa shape index (κ1) is 16.8. The van der Waals surface area contributed by atoms with E-state index in [1.54, 1.807) is 0 Å². The Morgan fingerprint density at radius 2 is 1.90 bits per heavy atom. The zero-order chi connectivity index (χ0) is 15.0. The van der Waals surface area contributed by atoms with Crippen LogP contribution in [0.2, 0.25) is 0 Å². The Kier molecular flexibility index (Phi) is 6.82. The van der Waals surface area contributed by atoms with Crippen molar-refractivity contribution in [3.63, 3.8) is 0 Å². The molecular formula is C15H29N3O2. The normalized spacial score (nSPS) is 26.1. The molecule has 20 heavy (non-hydrogen) atoms. The van der Waals surface area contributed by atoms with Crippen LogP contribution in [0.3, 0.4) is 0 Å². The molecule has 0 aromatic rings. The van der Waals surface area contributed by atoms with Crippen LogP contribution >= 0.6 is 0 Å². The van der Waals surface area contributed by atoms with Crippen LogP contribution in [0.1, 0.15) is 65.2 Å². The minimum absolute atomic E-state index is 0.0519. The molecule has 5 heteroatoms. The van der Waals surface area contributed by atoms with Gasteiger partial charge < -0.3 is 16.3 Å². The van der Waals surface area contributed by atoms with E-state index >= 15 is 0 Å². The number of carbonyl (C=O) groups excluding carboxylic acids is 1. The van der Waals surface area contributed by atoms with E-state index in [2.05, 4.69) is 24.3 Å². The summed E-state index contributed by atoms with van der Waals surface area (Å²) in [5, 5.41) is 14.8. The van der Waals surface area contributed by atoms with Gasteiger partial charge in [0.15, 0.2) is 5.84 Å². The first-order valence-corrected chi connectivity index (χ1v) is 7.83. The van der Waals surface area contributed by atoms with Gasteiger partial charge in [0.1, 0.15) is 5.41 Å². The molecule has 0 saturated heterocycles. The maximum atomic E-state index is 12.2. The van der Waals surface area contributed by atoms with E-state index in [-0.39, 0.29) is 11.7 Å². The quantitative estimate of drug-likeness (QED) is 0.200. The summed E-state index contributed by atoms with van der Waals surface area (Å²) in [5.74, 6) is 0.422. The standard InChI is InChI=1S/C15H29N3O2/c1-3-4-5-6-7-8-9-17-14(19)15(13(16)18-20)10-12(2)11-15/h12,20H,3-11H2,1-2H3,(H2,16,18)(H,17,19). The summed E-state index contributed by atoms with van der Waals surface area (Å²) in [4.78, 5) is 12.2. The molecular weight excluding hydrogens is 254 g/mol. The summed E-state index contributed by atoms with van der Waals surface area (Å²) in [5.41, 5.74) is 4.93. The van der Waals surface area contributed by atoms with Crippen molar-refractivity contribution in [2.45, 2.75) is 65.2 Å². The average Bonchev–Trinajstić information content (AvgIpc) is 2.41. The molecule has 0 radical (unpaired) electrons. The first-order chi connectivity index (χ1) is 9.56. The summed E-state index contributed by atoms with van der Waals surface area (Å²) in [6.07, 6.45) is 8.52. The summed E-state index contributed by atoms with van der Waals surface area (Å²) in [6.45, 7) is 4.95. The molecule has 0 unspecified atom stereocenters. The van der Waals surface area contributed by atoms with E-state index < -0.39 is 5.41 Å². The molecule has 1 aliphatic rings. The maximum Gasteiger partial charge on any atom is 0.233 e. The second-order valence-corrected chi connectivity index (χ2v) is 6.10. The molecule has 1 aliphatic carbocycles. The summed E-state index contributed by atoms with van der Waals surface area (Å²) >= 11 is 0. The number of amidine groups is 1. The number of unbranched alkanes of at least 4 members (excludes halogenated alkanes) is 5. The highest BCUT2D eigenvalue weighted by Gasteiger charge is 2.51. The van der Waals surface area contributed by atoms with E-state index in [0.29, 0.717) is 25.3 Å². The number of nitrogens with zero attached hydrogens (tertiary/aromatic N) is 1. The SMILES string of the molecule is CCCCCCCCNC(=O)C1(C(N)=NO)CC(C)C1. The molecule has 1 amide bonds. The van der Waals surface area contributed by atoms with E-state index in [1.807, 2.05) is 0 Å². The third kappa shape index (κ3) is 4.12. The van der Waals surface area contributed by atoms with Crippen LogP contribution in [0, 0.1) is 11.3 Å². The topological polar surface area (TPSA) is 87.7 Å². The van der Waals surface area contributed by atoms with Crippen molar-refractivity contribution in [3.05, 3.63) is 0 Å².